The molecule has 0 aromatic heterocycles. The van der Waals surface area contributed by atoms with Gasteiger partial charge in [0.25, 0.3) is 0 Å². The van der Waals surface area contributed by atoms with E-state index in [0.717, 1.165) is 11.1 Å². The van der Waals surface area contributed by atoms with E-state index in [1.165, 1.54) is 0 Å². The molecule has 2 heterocycles. The zero-order chi connectivity index (χ0) is 17.7. The van der Waals surface area contributed by atoms with E-state index in [1.807, 2.05) is 60.7 Å². The molecule has 8 heteroatoms. The van der Waals surface area contributed by atoms with Gasteiger partial charge in [-0.05, 0) is 0 Å². The van der Waals surface area contributed by atoms with Gasteiger partial charge >= 0.3 is 12.0 Å². The number of hydrogen-bond acceptors (Lipinski definition) is 4. The van der Waals surface area contributed by atoms with Gasteiger partial charge in [-0.3, -0.25) is 15.5 Å². The van der Waals surface area contributed by atoms with Gasteiger partial charge in [0.05, 0.1) is 0 Å². The molecule has 0 radical (unpaired) electrons. The Morgan fingerprint density at radius 2 is 1.46 bits per heavy atom. The minimum atomic E-state index is -0.920. The van der Waals surface area contributed by atoms with Crippen molar-refractivity contribution in [3.8, 4) is 0 Å². The second-order valence-electron chi connectivity index (χ2n) is 6.34. The van der Waals surface area contributed by atoms with Gasteiger partial charge in [-0.2, -0.15) is 0 Å². The minimum Gasteiger partial charge on any atom is -1.00 e. The number of benzene rings is 2. The SMILES string of the molecule is CN1C(=O)N(C)C2(c3ccccc3)[NH+]=C(N)NNC12c1ccccc1.[Cl-]. The Labute approximate surface area is 158 Å². The predicted octanol–water partition coefficient (Wildman–Crippen LogP) is -3.80. The number of rotatable bonds is 2. The molecular formula is C18H21ClN6O. The molecule has 0 spiro atoms. The molecule has 0 bridgehead atoms. The number of nitrogens with one attached hydrogen (secondary N) is 3. The summed E-state index contributed by atoms with van der Waals surface area (Å²) in [6, 6.07) is 19.6. The van der Waals surface area contributed by atoms with Crippen LogP contribution in [0.4, 0.5) is 4.79 Å². The van der Waals surface area contributed by atoms with Crippen LogP contribution in [0.5, 0.6) is 0 Å². The summed E-state index contributed by atoms with van der Waals surface area (Å²) in [6.07, 6.45) is 0. The molecule has 5 N–H and O–H groups in total. The average Bonchev–Trinajstić information content (AvgIpc) is 2.83. The molecule has 1 saturated heterocycles. The summed E-state index contributed by atoms with van der Waals surface area (Å²) < 4.78 is 0. The van der Waals surface area contributed by atoms with Gasteiger partial charge in [-0.15, -0.1) is 5.43 Å². The number of halogens is 1. The number of hydrazine groups is 1. The van der Waals surface area contributed by atoms with Crippen molar-refractivity contribution in [3.63, 3.8) is 0 Å². The quantitative estimate of drug-likeness (QED) is 0.435. The van der Waals surface area contributed by atoms with Crippen LogP contribution in [0.25, 0.3) is 0 Å². The van der Waals surface area contributed by atoms with Crippen LogP contribution < -0.4 is 34.0 Å². The highest BCUT2D eigenvalue weighted by atomic mass is 35.5. The molecule has 1 fully saturated rings. The number of amides is 2. The largest absolute Gasteiger partial charge is 1.00 e. The van der Waals surface area contributed by atoms with Crippen LogP contribution in [-0.2, 0) is 11.3 Å². The van der Waals surface area contributed by atoms with Crippen LogP contribution in [0.2, 0.25) is 0 Å². The summed E-state index contributed by atoms with van der Waals surface area (Å²) in [5.41, 5.74) is 12.4. The number of nitrogens with zero attached hydrogens (tertiary/aromatic N) is 2. The van der Waals surface area contributed by atoms with Crippen LogP contribution in [0.3, 0.4) is 0 Å². The summed E-state index contributed by atoms with van der Waals surface area (Å²) in [6.45, 7) is 0. The fraction of sp³-hybridized carbons (Fsp3) is 0.222. The number of carbonyl (C=O) groups excluding carboxylic acids is 1. The number of hydrogen-bond donors (Lipinski definition) is 4. The molecule has 136 valence electrons. The normalized spacial score (nSPS) is 27.3. The maximum atomic E-state index is 13.0. The van der Waals surface area contributed by atoms with Gasteiger partial charge in [-0.25, -0.2) is 15.2 Å². The Bertz CT molecular complexity index is 845. The smallest absolute Gasteiger partial charge is 0.360 e. The van der Waals surface area contributed by atoms with Gasteiger partial charge in [0.2, 0.25) is 11.3 Å². The lowest BCUT2D eigenvalue weighted by atomic mass is 9.80. The zero-order valence-corrected chi connectivity index (χ0v) is 15.3. The number of likely N-dealkylation sites (N-methyl/N-ethyl adjacent to an activating group) is 2. The molecule has 2 atom stereocenters. The lowest BCUT2D eigenvalue weighted by Gasteiger charge is -2.47. The fourth-order valence-corrected chi connectivity index (χ4v) is 4.04. The molecule has 2 aliphatic heterocycles. The first-order chi connectivity index (χ1) is 12.0. The topological polar surface area (TPSA) is 87.6 Å². The standard InChI is InChI=1S/C18H20N6O.ClH/c1-23-16(25)24(2)18(14-11-7-4-8-12-14)17(23,20-15(19)21-22-18)13-9-5-3-6-10-13;/h3-12,22H,1-2H3,(H3,19,20,21);1H. The first-order valence-electron chi connectivity index (χ1n) is 8.10. The molecule has 26 heavy (non-hydrogen) atoms. The molecule has 0 saturated carbocycles. The molecule has 2 unspecified atom stereocenters. The number of fused-ring (bicyclic) bond motifs is 1. The van der Waals surface area contributed by atoms with Crippen molar-refractivity contribution < 1.29 is 22.2 Å². The third kappa shape index (κ3) is 2.04. The molecule has 7 nitrogen and oxygen atoms in total. The Hall–Kier alpha value is -2.77. The first-order valence-corrected chi connectivity index (χ1v) is 8.10. The van der Waals surface area contributed by atoms with Gasteiger partial charge in [0.15, 0.2) is 0 Å². The van der Waals surface area contributed by atoms with Crippen molar-refractivity contribution in [1.29, 1.82) is 0 Å². The third-order valence-electron chi connectivity index (χ3n) is 5.18. The Morgan fingerprint density at radius 3 is 2.04 bits per heavy atom. The summed E-state index contributed by atoms with van der Waals surface area (Å²) >= 11 is 0. The van der Waals surface area contributed by atoms with E-state index >= 15 is 0 Å². The summed E-state index contributed by atoms with van der Waals surface area (Å²) in [5, 5.41) is 0. The van der Waals surface area contributed by atoms with Crippen LogP contribution in [-0.4, -0.2) is 35.9 Å². The summed E-state index contributed by atoms with van der Waals surface area (Å²) in [5.74, 6) is 0.352. The Morgan fingerprint density at radius 1 is 0.923 bits per heavy atom. The third-order valence-corrected chi connectivity index (χ3v) is 5.18. The molecular weight excluding hydrogens is 352 g/mol. The first kappa shape index (κ1) is 18.0. The minimum absolute atomic E-state index is 0. The van der Waals surface area contributed by atoms with Gasteiger partial charge in [0, 0.05) is 25.2 Å². The molecule has 2 aliphatic rings. The summed E-state index contributed by atoms with van der Waals surface area (Å²) in [7, 11) is 3.57. The van der Waals surface area contributed by atoms with Crippen molar-refractivity contribution in [2.75, 3.05) is 14.1 Å². The van der Waals surface area contributed by atoms with Crippen LogP contribution in [0.15, 0.2) is 60.7 Å². The Balaban J connectivity index is 0.00000196. The number of urea groups is 1. The fourth-order valence-electron chi connectivity index (χ4n) is 4.04. The van der Waals surface area contributed by atoms with E-state index in [9.17, 15) is 4.79 Å². The van der Waals surface area contributed by atoms with Crippen molar-refractivity contribution in [2.24, 2.45) is 5.73 Å². The molecule has 4 rings (SSSR count). The van der Waals surface area contributed by atoms with E-state index < -0.39 is 11.3 Å². The predicted molar refractivity (Wildman–Crippen MR) is 93.6 cm³/mol. The van der Waals surface area contributed by atoms with E-state index in [2.05, 4.69) is 15.8 Å². The molecule has 2 amide bonds. The van der Waals surface area contributed by atoms with Crippen LogP contribution in [0, 0.1) is 0 Å². The van der Waals surface area contributed by atoms with Crippen molar-refractivity contribution in [3.05, 3.63) is 71.8 Å². The Kier molecular flexibility index (Phi) is 4.29. The highest BCUT2D eigenvalue weighted by Gasteiger charge is 2.71. The average molecular weight is 373 g/mol. The van der Waals surface area contributed by atoms with Gasteiger partial charge < -0.3 is 12.4 Å². The second kappa shape index (κ2) is 6.19. The van der Waals surface area contributed by atoms with E-state index in [-0.39, 0.29) is 18.4 Å². The maximum absolute atomic E-state index is 13.0. The van der Waals surface area contributed by atoms with Gasteiger partial charge in [-0.1, -0.05) is 60.7 Å². The highest BCUT2D eigenvalue weighted by molar-refractivity contribution is 5.81. The van der Waals surface area contributed by atoms with E-state index in [4.69, 9.17) is 5.73 Å². The van der Waals surface area contributed by atoms with Crippen molar-refractivity contribution in [2.45, 2.75) is 11.3 Å². The van der Waals surface area contributed by atoms with Crippen molar-refractivity contribution >= 4 is 12.0 Å². The van der Waals surface area contributed by atoms with Crippen LogP contribution in [0.1, 0.15) is 11.1 Å². The van der Waals surface area contributed by atoms with E-state index in [0.29, 0.717) is 5.96 Å². The number of carbonyl (C=O) groups is 1. The lowest BCUT2D eigenvalue weighted by molar-refractivity contribution is -0.620. The zero-order valence-electron chi connectivity index (χ0n) is 14.5. The second-order valence-corrected chi connectivity index (χ2v) is 6.34. The monoisotopic (exact) mass is 372 g/mol. The van der Waals surface area contributed by atoms with Gasteiger partial charge in [0.1, 0.15) is 0 Å². The lowest BCUT2D eigenvalue weighted by Crippen LogP contribution is -3.01. The van der Waals surface area contributed by atoms with Crippen molar-refractivity contribution in [1.82, 2.24) is 20.7 Å². The number of nitrogens with two attached hydrogens (primary N) is 1. The van der Waals surface area contributed by atoms with E-state index in [1.54, 1.807) is 23.9 Å². The number of guanidine groups is 1. The molecule has 0 aliphatic carbocycles. The van der Waals surface area contributed by atoms with Crippen LogP contribution >= 0.6 is 0 Å². The summed E-state index contributed by atoms with van der Waals surface area (Å²) in [4.78, 5) is 19.8. The maximum Gasteiger partial charge on any atom is 0.360 e. The molecule has 2 aromatic carbocycles. The molecule has 2 aromatic rings. The highest BCUT2D eigenvalue weighted by Crippen LogP contribution is 2.47.